The Hall–Kier alpha value is -2.97. The van der Waals surface area contributed by atoms with Crippen molar-refractivity contribution in [2.45, 2.75) is 36.8 Å². The van der Waals surface area contributed by atoms with Gasteiger partial charge in [-0.3, -0.25) is 19.3 Å². The van der Waals surface area contributed by atoms with E-state index in [4.69, 9.17) is 41.0 Å². The molecule has 3 heterocycles. The molecule has 2 aromatic rings. The molecule has 0 N–H and O–H groups in total. The van der Waals surface area contributed by atoms with Crippen LogP contribution in [-0.4, -0.2) is 96.2 Å². The minimum absolute atomic E-state index is 0.00410. The fourth-order valence-corrected chi connectivity index (χ4v) is 4.98. The molecule has 2 atom stereocenters. The van der Waals surface area contributed by atoms with Crippen molar-refractivity contribution in [3.05, 3.63) is 64.7 Å². The number of benzene rings is 2. The summed E-state index contributed by atoms with van der Waals surface area (Å²) < 4.78 is 11.5. The van der Waals surface area contributed by atoms with Crippen molar-refractivity contribution in [1.29, 1.82) is 0 Å². The lowest BCUT2D eigenvalue weighted by Crippen LogP contribution is -2.63. The second kappa shape index (κ2) is 10.1. The fourth-order valence-electron chi connectivity index (χ4n) is 4.98. The van der Waals surface area contributed by atoms with Gasteiger partial charge >= 0.3 is 0 Å². The fraction of sp³-hybridized carbons (Fsp3) is 0.400. The van der Waals surface area contributed by atoms with Crippen LogP contribution in [0.3, 0.4) is 0 Å². The number of nitrogens with zero attached hydrogens (tertiary/aromatic N) is 3. The number of rotatable bonds is 6. The van der Waals surface area contributed by atoms with Gasteiger partial charge in [0.05, 0.1) is 43.3 Å². The highest BCUT2D eigenvalue weighted by molar-refractivity contribution is 6.52. The molecule has 3 aliphatic rings. The van der Waals surface area contributed by atoms with E-state index in [0.29, 0.717) is 28.3 Å². The molecule has 0 bridgehead atoms. The van der Waals surface area contributed by atoms with Crippen molar-refractivity contribution in [1.82, 2.24) is 14.6 Å². The molecule has 0 saturated carbocycles. The third-order valence-corrected chi connectivity index (χ3v) is 7.18. The highest BCUT2D eigenvalue weighted by Crippen LogP contribution is 2.46. The molecular weight excluding hydrogens is 466 g/mol. The van der Waals surface area contributed by atoms with E-state index in [9.17, 15) is 14.4 Å². The maximum atomic E-state index is 13.3. The van der Waals surface area contributed by atoms with Crippen LogP contribution < -0.4 is 4.74 Å². The predicted octanol–water partition coefficient (Wildman–Crippen LogP) is 0.285. The van der Waals surface area contributed by atoms with Gasteiger partial charge in [0.15, 0.2) is 0 Å². The average Bonchev–Trinajstić information content (AvgIpc) is 3.23. The van der Waals surface area contributed by atoms with Gasteiger partial charge in [-0.05, 0) is 29.1 Å². The number of hydrogen-bond donors (Lipinski definition) is 0. The van der Waals surface area contributed by atoms with Crippen LogP contribution in [-0.2, 0) is 34.0 Å². The van der Waals surface area contributed by atoms with Crippen molar-refractivity contribution in [2.75, 3.05) is 26.3 Å². The summed E-state index contributed by atoms with van der Waals surface area (Å²) in [6, 6.07) is 11.9. The number of imide groups is 1. The van der Waals surface area contributed by atoms with E-state index < -0.39 is 34.8 Å². The Labute approximate surface area is 221 Å². The first-order valence-corrected chi connectivity index (χ1v) is 12.1. The van der Waals surface area contributed by atoms with Gasteiger partial charge in [-0.2, -0.15) is 0 Å². The Morgan fingerprint density at radius 2 is 1.65 bits per heavy atom. The zero-order valence-corrected chi connectivity index (χ0v) is 20.3. The highest BCUT2D eigenvalue weighted by atomic mass is 16.5. The van der Waals surface area contributed by atoms with Crippen LogP contribution in [0, 0.1) is 0 Å². The van der Waals surface area contributed by atoms with Crippen LogP contribution in [0.4, 0.5) is 0 Å². The lowest BCUT2D eigenvalue weighted by molar-refractivity contribution is -0.146. The molecule has 8 radical (unpaired) electrons. The van der Waals surface area contributed by atoms with Crippen LogP contribution >= 0.6 is 0 Å². The third kappa shape index (κ3) is 4.73. The van der Waals surface area contributed by atoms with E-state index in [-0.39, 0.29) is 6.54 Å². The second-order valence-corrected chi connectivity index (χ2v) is 9.64. The molecule has 5 rings (SSSR count). The summed E-state index contributed by atoms with van der Waals surface area (Å²) in [7, 11) is 23.7. The van der Waals surface area contributed by atoms with Crippen molar-refractivity contribution >= 4 is 49.2 Å². The van der Waals surface area contributed by atoms with Crippen LogP contribution in [0.5, 0.6) is 5.75 Å². The Balaban J connectivity index is 1.29. The summed E-state index contributed by atoms with van der Waals surface area (Å²) in [6.07, 6.45) is 0. The molecular formula is C25H23B4N3O5. The molecule has 180 valence electrons. The van der Waals surface area contributed by atoms with Crippen LogP contribution in [0.25, 0.3) is 0 Å². The lowest BCUT2D eigenvalue weighted by Gasteiger charge is -2.49. The van der Waals surface area contributed by atoms with E-state index in [0.717, 1.165) is 38.4 Å². The Morgan fingerprint density at radius 1 is 0.973 bits per heavy atom. The first-order chi connectivity index (χ1) is 17.7. The number of carbonyl (C=O) groups excluding carboxylic acids is 3. The molecule has 8 nitrogen and oxygen atoms in total. The standard InChI is InChI=1S/C25H23B4N3O5/c26-20-23(34)32(29)24(35)21(25(20,27)28)31-13-18-17(22(31)33)2-1-3-19(18)37-14-16-6-4-15(5-7-16)12-30-8-10-36-11-9-30/h1-7,20-21H,8-14H2. The third-order valence-electron chi connectivity index (χ3n) is 7.18. The molecule has 2 saturated heterocycles. The van der Waals surface area contributed by atoms with Gasteiger partial charge in [-0.1, -0.05) is 35.5 Å². The van der Waals surface area contributed by atoms with Gasteiger partial charge < -0.3 is 19.2 Å². The maximum absolute atomic E-state index is 13.3. The summed E-state index contributed by atoms with van der Waals surface area (Å²) in [5, 5.41) is -1.99. The first-order valence-electron chi connectivity index (χ1n) is 12.1. The average molecular weight is 489 g/mol. The summed E-state index contributed by atoms with van der Waals surface area (Å²) in [6.45, 7) is 4.53. The van der Waals surface area contributed by atoms with E-state index in [1.165, 1.54) is 10.5 Å². The largest absolute Gasteiger partial charge is 0.489 e. The number of amides is 3. The second-order valence-electron chi connectivity index (χ2n) is 9.64. The van der Waals surface area contributed by atoms with E-state index in [1.54, 1.807) is 18.2 Å². The quantitative estimate of drug-likeness (QED) is 0.430. The van der Waals surface area contributed by atoms with Crippen molar-refractivity contribution in [2.24, 2.45) is 0 Å². The number of hydrogen-bond acceptors (Lipinski definition) is 6. The summed E-state index contributed by atoms with van der Waals surface area (Å²) in [4.78, 5) is 42.2. The van der Waals surface area contributed by atoms with Gasteiger partial charge in [0.1, 0.15) is 18.4 Å². The zero-order chi connectivity index (χ0) is 26.3. The molecule has 2 unspecified atom stereocenters. The molecule has 0 aliphatic carbocycles. The number of morpholine rings is 1. The molecule has 3 amide bonds. The van der Waals surface area contributed by atoms with Crippen LogP contribution in [0.1, 0.15) is 27.0 Å². The molecule has 37 heavy (non-hydrogen) atoms. The topological polar surface area (TPSA) is 79.4 Å². The molecule has 0 spiro atoms. The summed E-state index contributed by atoms with van der Waals surface area (Å²) in [5.41, 5.74) is 3.13. The maximum Gasteiger partial charge on any atom is 0.255 e. The van der Waals surface area contributed by atoms with E-state index in [2.05, 4.69) is 17.0 Å². The minimum Gasteiger partial charge on any atom is -0.489 e. The van der Waals surface area contributed by atoms with Gasteiger partial charge in [0.25, 0.3) is 5.91 Å². The SMILES string of the molecule is [B]C1C(=O)N([B])C(=O)C(N2Cc3c(OCc4ccc(CN5CCOCC5)cc4)cccc3C2=O)C1([B])[B]. The Morgan fingerprint density at radius 3 is 2.35 bits per heavy atom. The lowest BCUT2D eigenvalue weighted by atomic mass is 9.38. The number of carbonyl (C=O) groups is 3. The normalized spacial score (nSPS) is 23.8. The van der Waals surface area contributed by atoms with Crippen LogP contribution in [0.2, 0.25) is 11.0 Å². The first kappa shape index (κ1) is 25.7. The van der Waals surface area contributed by atoms with Gasteiger partial charge in [0, 0.05) is 30.8 Å². The molecule has 0 aromatic heterocycles. The van der Waals surface area contributed by atoms with Crippen molar-refractivity contribution in [3.63, 3.8) is 0 Å². The van der Waals surface area contributed by atoms with Crippen molar-refractivity contribution in [3.8, 4) is 5.75 Å². The summed E-state index contributed by atoms with van der Waals surface area (Å²) >= 11 is 0. The monoisotopic (exact) mass is 489 g/mol. The number of fused-ring (bicyclic) bond motifs is 1. The molecule has 3 aliphatic heterocycles. The number of ether oxygens (including phenoxy) is 2. The molecule has 12 heteroatoms. The smallest absolute Gasteiger partial charge is 0.255 e. The van der Waals surface area contributed by atoms with Crippen molar-refractivity contribution < 1.29 is 23.9 Å². The van der Waals surface area contributed by atoms with Gasteiger partial charge in [-0.25, -0.2) is 0 Å². The Kier molecular flexibility index (Phi) is 6.98. The molecule has 2 aromatic carbocycles. The minimum atomic E-state index is -1.99. The predicted molar refractivity (Wildman–Crippen MR) is 138 cm³/mol. The number of piperidine rings is 1. The van der Waals surface area contributed by atoms with Crippen LogP contribution in [0.15, 0.2) is 42.5 Å². The van der Waals surface area contributed by atoms with E-state index >= 15 is 0 Å². The Bertz CT molecular complexity index is 1220. The zero-order valence-electron chi connectivity index (χ0n) is 20.3. The van der Waals surface area contributed by atoms with E-state index in [1.807, 2.05) is 12.1 Å². The van der Waals surface area contributed by atoms with Gasteiger partial charge in [0.2, 0.25) is 19.8 Å². The highest BCUT2D eigenvalue weighted by Gasteiger charge is 2.53. The molecule has 2 fully saturated rings. The van der Waals surface area contributed by atoms with Gasteiger partial charge in [-0.15, -0.1) is 0 Å². The summed E-state index contributed by atoms with van der Waals surface area (Å²) in [5.74, 6) is -3.23.